The van der Waals surface area contributed by atoms with Gasteiger partial charge in [-0.3, -0.25) is 0 Å². The molecule has 6 nitrogen and oxygen atoms in total. The predicted octanol–water partition coefficient (Wildman–Crippen LogP) is 2.16. The van der Waals surface area contributed by atoms with Gasteiger partial charge in [0.15, 0.2) is 0 Å². The lowest BCUT2D eigenvalue weighted by Gasteiger charge is -2.24. The maximum atomic E-state index is 4.29. The van der Waals surface area contributed by atoms with E-state index in [0.29, 0.717) is 12.1 Å². The molecule has 1 aliphatic carbocycles. The minimum Gasteiger partial charge on any atom is -0.336 e. The van der Waals surface area contributed by atoms with Gasteiger partial charge < -0.3 is 14.5 Å². The highest BCUT2D eigenvalue weighted by atomic mass is 15.3. The summed E-state index contributed by atoms with van der Waals surface area (Å²) in [7, 11) is 0. The zero-order chi connectivity index (χ0) is 14.5. The van der Waals surface area contributed by atoms with Gasteiger partial charge in [0.05, 0.1) is 12.9 Å². The summed E-state index contributed by atoms with van der Waals surface area (Å²) in [5, 5.41) is 11.9. The van der Waals surface area contributed by atoms with Gasteiger partial charge in [0.25, 0.3) is 0 Å². The summed E-state index contributed by atoms with van der Waals surface area (Å²) in [5.41, 5.74) is 0. The zero-order valence-electron chi connectivity index (χ0n) is 12.6. The van der Waals surface area contributed by atoms with E-state index in [1.54, 1.807) is 0 Å². The van der Waals surface area contributed by atoms with E-state index >= 15 is 0 Å². The fourth-order valence-corrected chi connectivity index (χ4v) is 3.10. The van der Waals surface area contributed by atoms with Crippen LogP contribution in [0.25, 0.3) is 0 Å². The molecule has 1 aliphatic rings. The highest BCUT2D eigenvalue weighted by molar-refractivity contribution is 4.91. The normalized spacial score (nSPS) is 18.0. The van der Waals surface area contributed by atoms with E-state index in [9.17, 15) is 0 Å². The van der Waals surface area contributed by atoms with Crippen molar-refractivity contribution in [2.24, 2.45) is 0 Å². The topological polar surface area (TPSA) is 60.6 Å². The fraction of sp³-hybridized carbons (Fsp3) is 0.667. The van der Waals surface area contributed by atoms with Crippen LogP contribution in [0, 0.1) is 0 Å². The van der Waals surface area contributed by atoms with Gasteiger partial charge in [-0.25, -0.2) is 4.98 Å². The maximum Gasteiger partial charge on any atom is 0.147 e. The molecule has 114 valence electrons. The summed E-state index contributed by atoms with van der Waals surface area (Å²) in [6, 6.07) is 0.963. The van der Waals surface area contributed by atoms with Crippen molar-refractivity contribution in [3.05, 3.63) is 30.9 Å². The molecule has 2 aromatic heterocycles. The molecule has 0 bridgehead atoms. The molecule has 0 spiro atoms. The van der Waals surface area contributed by atoms with E-state index in [-0.39, 0.29) is 0 Å². The van der Waals surface area contributed by atoms with Crippen LogP contribution in [0.4, 0.5) is 0 Å². The summed E-state index contributed by atoms with van der Waals surface area (Å²) in [5.74, 6) is 1.05. The molecular formula is C15H24N6. The smallest absolute Gasteiger partial charge is 0.147 e. The first kappa shape index (κ1) is 14.3. The van der Waals surface area contributed by atoms with Crippen molar-refractivity contribution in [3.63, 3.8) is 0 Å². The minimum atomic E-state index is 0.371. The van der Waals surface area contributed by atoms with Crippen LogP contribution >= 0.6 is 0 Å². The average Bonchev–Trinajstić information content (AvgIpc) is 3.17. The summed E-state index contributed by atoms with van der Waals surface area (Å²) in [6.07, 6.45) is 14.1. The van der Waals surface area contributed by atoms with Gasteiger partial charge >= 0.3 is 0 Å². The molecule has 1 fully saturated rings. The summed E-state index contributed by atoms with van der Waals surface area (Å²) in [4.78, 5) is 4.07. The first-order valence-electron chi connectivity index (χ1n) is 7.90. The molecule has 2 aromatic rings. The Morgan fingerprint density at radius 3 is 2.90 bits per heavy atom. The summed E-state index contributed by atoms with van der Waals surface area (Å²) in [6.45, 7) is 3.87. The fourth-order valence-electron chi connectivity index (χ4n) is 3.10. The standard InChI is InChI=1S/C15H24N6/c1-13(10-20-8-7-16-11-20)17-9-15-19-18-12-21(15)14-5-3-2-4-6-14/h7-8,11-14,17H,2-6,9-10H2,1H3/t13-/m0/s1. The largest absolute Gasteiger partial charge is 0.336 e. The van der Waals surface area contributed by atoms with Gasteiger partial charge in [0.1, 0.15) is 12.2 Å². The van der Waals surface area contributed by atoms with Crippen molar-refractivity contribution in [1.82, 2.24) is 29.6 Å². The van der Waals surface area contributed by atoms with E-state index in [4.69, 9.17) is 0 Å². The van der Waals surface area contributed by atoms with Crippen LogP contribution in [-0.4, -0.2) is 30.4 Å². The Morgan fingerprint density at radius 1 is 1.29 bits per heavy atom. The Bertz CT molecular complexity index is 526. The molecule has 0 amide bonds. The van der Waals surface area contributed by atoms with Gasteiger partial charge in [-0.2, -0.15) is 0 Å². The maximum absolute atomic E-state index is 4.29. The summed E-state index contributed by atoms with van der Waals surface area (Å²) < 4.78 is 4.36. The lowest BCUT2D eigenvalue weighted by atomic mass is 9.95. The van der Waals surface area contributed by atoms with Crippen LogP contribution in [0.3, 0.4) is 0 Å². The third-order valence-corrected chi connectivity index (χ3v) is 4.27. The Kier molecular flexibility index (Phi) is 4.65. The molecule has 3 rings (SSSR count). The zero-order valence-corrected chi connectivity index (χ0v) is 12.6. The highest BCUT2D eigenvalue weighted by Crippen LogP contribution is 2.28. The van der Waals surface area contributed by atoms with Crippen molar-refractivity contribution in [3.8, 4) is 0 Å². The van der Waals surface area contributed by atoms with Crippen LogP contribution in [-0.2, 0) is 13.1 Å². The van der Waals surface area contributed by atoms with Crippen molar-refractivity contribution < 1.29 is 0 Å². The number of rotatable bonds is 6. The van der Waals surface area contributed by atoms with Crippen molar-refractivity contribution in [2.45, 2.75) is 64.2 Å². The molecule has 0 aliphatic heterocycles. The second kappa shape index (κ2) is 6.85. The number of imidazole rings is 1. The van der Waals surface area contributed by atoms with Crippen LogP contribution in [0.2, 0.25) is 0 Å². The van der Waals surface area contributed by atoms with Gasteiger partial charge in [-0.1, -0.05) is 19.3 Å². The second-order valence-electron chi connectivity index (χ2n) is 5.99. The third kappa shape index (κ3) is 3.69. The van der Waals surface area contributed by atoms with E-state index in [0.717, 1.165) is 18.9 Å². The quantitative estimate of drug-likeness (QED) is 0.885. The molecule has 1 atom stereocenters. The van der Waals surface area contributed by atoms with Crippen molar-refractivity contribution in [1.29, 1.82) is 0 Å². The first-order valence-corrected chi connectivity index (χ1v) is 7.90. The van der Waals surface area contributed by atoms with E-state index in [1.165, 1.54) is 32.1 Å². The molecule has 2 heterocycles. The van der Waals surface area contributed by atoms with Gasteiger partial charge in [0.2, 0.25) is 0 Å². The lowest BCUT2D eigenvalue weighted by Crippen LogP contribution is -2.31. The van der Waals surface area contributed by atoms with Crippen LogP contribution in [0.1, 0.15) is 50.9 Å². The Labute approximate surface area is 125 Å². The molecule has 0 saturated heterocycles. The number of hydrogen-bond donors (Lipinski definition) is 1. The van der Waals surface area contributed by atoms with Crippen molar-refractivity contribution >= 4 is 0 Å². The minimum absolute atomic E-state index is 0.371. The molecule has 1 saturated carbocycles. The molecule has 0 unspecified atom stereocenters. The van der Waals surface area contributed by atoms with E-state index in [1.807, 2.05) is 25.0 Å². The van der Waals surface area contributed by atoms with Crippen molar-refractivity contribution in [2.75, 3.05) is 0 Å². The monoisotopic (exact) mass is 288 g/mol. The molecule has 0 radical (unpaired) electrons. The highest BCUT2D eigenvalue weighted by Gasteiger charge is 2.18. The van der Waals surface area contributed by atoms with Crippen LogP contribution in [0.5, 0.6) is 0 Å². The SMILES string of the molecule is C[C@@H](Cn1ccnc1)NCc1nncn1C1CCCCC1. The van der Waals surface area contributed by atoms with Crippen LogP contribution in [0.15, 0.2) is 25.0 Å². The second-order valence-corrected chi connectivity index (χ2v) is 5.99. The molecule has 21 heavy (non-hydrogen) atoms. The van der Waals surface area contributed by atoms with Gasteiger partial charge in [0, 0.05) is 31.0 Å². The predicted molar refractivity (Wildman–Crippen MR) is 80.7 cm³/mol. The third-order valence-electron chi connectivity index (χ3n) is 4.27. The lowest BCUT2D eigenvalue weighted by molar-refractivity contribution is 0.340. The van der Waals surface area contributed by atoms with Gasteiger partial charge in [-0.05, 0) is 19.8 Å². The number of nitrogens with zero attached hydrogens (tertiary/aromatic N) is 5. The summed E-state index contributed by atoms with van der Waals surface area (Å²) >= 11 is 0. The Hall–Kier alpha value is -1.69. The van der Waals surface area contributed by atoms with E-state index in [2.05, 4.69) is 36.6 Å². The number of nitrogens with one attached hydrogen (secondary N) is 1. The average molecular weight is 288 g/mol. The molecule has 1 N–H and O–H groups in total. The molecule has 0 aromatic carbocycles. The Balaban J connectivity index is 1.54. The molecular weight excluding hydrogens is 264 g/mol. The van der Waals surface area contributed by atoms with Gasteiger partial charge in [-0.15, -0.1) is 10.2 Å². The first-order chi connectivity index (χ1) is 10.3. The Morgan fingerprint density at radius 2 is 2.14 bits per heavy atom. The van der Waals surface area contributed by atoms with E-state index < -0.39 is 0 Å². The number of hydrogen-bond acceptors (Lipinski definition) is 4. The molecule has 6 heteroatoms. The van der Waals surface area contributed by atoms with Crippen LogP contribution < -0.4 is 5.32 Å². The number of aromatic nitrogens is 5.